The van der Waals surface area contributed by atoms with Crippen molar-refractivity contribution in [2.45, 2.75) is 12.8 Å². The van der Waals surface area contributed by atoms with Crippen LogP contribution in [0, 0.1) is 18.6 Å². The van der Waals surface area contributed by atoms with Gasteiger partial charge in [0.2, 0.25) is 0 Å². The van der Waals surface area contributed by atoms with Crippen molar-refractivity contribution in [1.29, 1.82) is 0 Å². The van der Waals surface area contributed by atoms with E-state index in [0.29, 0.717) is 22.7 Å². The molecule has 0 amide bonds. The van der Waals surface area contributed by atoms with E-state index in [0.717, 1.165) is 18.2 Å². The van der Waals surface area contributed by atoms with Gasteiger partial charge in [0, 0.05) is 13.1 Å². The summed E-state index contributed by atoms with van der Waals surface area (Å²) >= 11 is 5.88. The number of rotatable bonds is 2. The van der Waals surface area contributed by atoms with Crippen LogP contribution in [0.4, 0.5) is 8.78 Å². The lowest BCUT2D eigenvalue weighted by Gasteiger charge is -2.09. The summed E-state index contributed by atoms with van der Waals surface area (Å²) in [4.78, 5) is 4.36. The largest absolute Gasteiger partial charge is 0.277 e. The molecule has 0 aliphatic carbocycles. The van der Waals surface area contributed by atoms with Gasteiger partial charge in [-0.2, -0.15) is 5.10 Å². The Morgan fingerprint density at radius 3 is 2.75 bits per heavy atom. The van der Waals surface area contributed by atoms with E-state index in [4.69, 9.17) is 11.6 Å². The molecule has 0 aliphatic rings. The minimum Gasteiger partial charge on any atom is -0.277 e. The molecule has 4 nitrogen and oxygen atoms in total. The highest BCUT2D eigenvalue weighted by Crippen LogP contribution is 2.26. The summed E-state index contributed by atoms with van der Waals surface area (Å²) in [5, 5.41) is 4.24. The van der Waals surface area contributed by atoms with Crippen LogP contribution in [-0.2, 0) is 12.9 Å². The van der Waals surface area contributed by atoms with Gasteiger partial charge in [0.05, 0.1) is 17.3 Å². The number of nitrogens with zero attached hydrogens (tertiary/aromatic N) is 4. The van der Waals surface area contributed by atoms with Gasteiger partial charge in [-0.1, -0.05) is 0 Å². The Morgan fingerprint density at radius 1 is 1.30 bits per heavy atom. The predicted octanol–water partition coefficient (Wildman–Crippen LogP) is 3.08. The van der Waals surface area contributed by atoms with Gasteiger partial charge >= 0.3 is 0 Å². The molecule has 0 saturated heterocycles. The monoisotopic (exact) mass is 296 g/mol. The molecular formula is C13H11ClF2N4. The van der Waals surface area contributed by atoms with Gasteiger partial charge in [-0.05, 0) is 19.1 Å². The molecule has 0 unspecified atom stereocenters. The second kappa shape index (κ2) is 4.56. The first-order valence-electron chi connectivity index (χ1n) is 5.95. The SMILES string of the molecule is Cc1nn(C)c2c1nc(CCl)n2-c1cc(F)ccc1F. The number of fused-ring (bicyclic) bond motifs is 1. The van der Waals surface area contributed by atoms with Crippen molar-refractivity contribution < 1.29 is 8.78 Å². The van der Waals surface area contributed by atoms with Crippen molar-refractivity contribution in [2.75, 3.05) is 0 Å². The number of hydrogen-bond donors (Lipinski definition) is 0. The summed E-state index contributed by atoms with van der Waals surface area (Å²) in [5.74, 6) is -0.537. The highest BCUT2D eigenvalue weighted by molar-refractivity contribution is 6.17. The Labute approximate surface area is 118 Å². The van der Waals surface area contributed by atoms with Crippen molar-refractivity contribution in [3.63, 3.8) is 0 Å². The van der Waals surface area contributed by atoms with Crippen LogP contribution in [0.25, 0.3) is 16.9 Å². The third-order valence-corrected chi connectivity index (χ3v) is 3.38. The molecule has 0 saturated carbocycles. The molecule has 2 heterocycles. The molecule has 0 spiro atoms. The normalized spacial score (nSPS) is 11.4. The molecule has 0 aliphatic heterocycles. The van der Waals surface area contributed by atoms with Crippen molar-refractivity contribution >= 4 is 22.8 Å². The van der Waals surface area contributed by atoms with Gasteiger partial charge in [-0.3, -0.25) is 4.57 Å². The second-order valence-corrected chi connectivity index (χ2v) is 4.74. The predicted molar refractivity (Wildman–Crippen MR) is 72.0 cm³/mol. The van der Waals surface area contributed by atoms with E-state index >= 15 is 0 Å². The second-order valence-electron chi connectivity index (χ2n) is 4.47. The number of alkyl halides is 1. The summed E-state index contributed by atoms with van der Waals surface area (Å²) in [7, 11) is 1.72. The average Bonchev–Trinajstić information content (AvgIpc) is 2.92. The van der Waals surface area contributed by atoms with Crippen molar-refractivity contribution in [2.24, 2.45) is 7.05 Å². The van der Waals surface area contributed by atoms with Gasteiger partial charge in [-0.25, -0.2) is 18.4 Å². The summed E-state index contributed by atoms with van der Waals surface area (Å²) < 4.78 is 30.5. The van der Waals surface area contributed by atoms with E-state index in [1.807, 2.05) is 0 Å². The minimum atomic E-state index is -0.545. The molecule has 0 bridgehead atoms. The number of aromatic nitrogens is 4. The van der Waals surface area contributed by atoms with E-state index in [2.05, 4.69) is 10.1 Å². The molecule has 0 N–H and O–H groups in total. The third kappa shape index (κ3) is 1.79. The Bertz CT molecular complexity index is 806. The first kappa shape index (κ1) is 13.1. The van der Waals surface area contributed by atoms with Gasteiger partial charge < -0.3 is 0 Å². The van der Waals surface area contributed by atoms with Crippen LogP contribution < -0.4 is 0 Å². The Morgan fingerprint density at radius 2 is 2.05 bits per heavy atom. The molecule has 2 aromatic heterocycles. The van der Waals surface area contributed by atoms with E-state index in [1.165, 1.54) is 4.57 Å². The van der Waals surface area contributed by atoms with Crippen LogP contribution in [0.15, 0.2) is 18.2 Å². The fourth-order valence-electron chi connectivity index (χ4n) is 2.32. The number of hydrogen-bond acceptors (Lipinski definition) is 2. The molecule has 20 heavy (non-hydrogen) atoms. The first-order chi connectivity index (χ1) is 9.52. The number of benzene rings is 1. The maximum atomic E-state index is 14.0. The topological polar surface area (TPSA) is 35.6 Å². The zero-order valence-electron chi connectivity index (χ0n) is 10.9. The van der Waals surface area contributed by atoms with Crippen LogP contribution in [0.1, 0.15) is 11.5 Å². The summed E-state index contributed by atoms with van der Waals surface area (Å²) in [6.07, 6.45) is 0. The average molecular weight is 297 g/mol. The van der Waals surface area contributed by atoms with Gasteiger partial charge in [0.1, 0.15) is 23.0 Å². The highest BCUT2D eigenvalue weighted by Gasteiger charge is 2.20. The van der Waals surface area contributed by atoms with Crippen LogP contribution in [0.5, 0.6) is 0 Å². The van der Waals surface area contributed by atoms with E-state index in [9.17, 15) is 8.78 Å². The molecule has 0 atom stereocenters. The number of imidazole rings is 1. The van der Waals surface area contributed by atoms with Crippen LogP contribution in [-0.4, -0.2) is 19.3 Å². The molecule has 0 radical (unpaired) electrons. The van der Waals surface area contributed by atoms with E-state index in [1.54, 1.807) is 18.7 Å². The third-order valence-electron chi connectivity index (χ3n) is 3.14. The molecule has 7 heteroatoms. The zero-order valence-corrected chi connectivity index (χ0v) is 11.6. The van der Waals surface area contributed by atoms with Gasteiger partial charge in [0.15, 0.2) is 5.65 Å². The minimum absolute atomic E-state index is 0.0751. The Balaban J connectivity index is 2.42. The molecule has 3 rings (SSSR count). The molecule has 1 aromatic carbocycles. The maximum absolute atomic E-state index is 14.0. The van der Waals surface area contributed by atoms with Crippen LogP contribution >= 0.6 is 11.6 Å². The van der Waals surface area contributed by atoms with Crippen LogP contribution in [0.3, 0.4) is 0 Å². The molecular weight excluding hydrogens is 286 g/mol. The van der Waals surface area contributed by atoms with Crippen molar-refractivity contribution in [3.8, 4) is 5.69 Å². The van der Waals surface area contributed by atoms with Gasteiger partial charge in [-0.15, -0.1) is 11.6 Å². The number of aryl methyl sites for hydroxylation is 2. The molecule has 104 valence electrons. The quantitative estimate of drug-likeness (QED) is 0.681. The lowest BCUT2D eigenvalue weighted by molar-refractivity contribution is 0.591. The Kier molecular flexibility index (Phi) is 2.97. The van der Waals surface area contributed by atoms with E-state index < -0.39 is 11.6 Å². The van der Waals surface area contributed by atoms with Crippen molar-refractivity contribution in [3.05, 3.63) is 41.4 Å². The van der Waals surface area contributed by atoms with E-state index in [-0.39, 0.29) is 11.6 Å². The summed E-state index contributed by atoms with van der Waals surface area (Å²) in [5.41, 5.74) is 2.00. The summed E-state index contributed by atoms with van der Waals surface area (Å²) in [6, 6.07) is 3.27. The van der Waals surface area contributed by atoms with Gasteiger partial charge in [0.25, 0.3) is 0 Å². The Hall–Kier alpha value is -1.95. The lowest BCUT2D eigenvalue weighted by Crippen LogP contribution is -2.06. The molecule has 0 fully saturated rings. The summed E-state index contributed by atoms with van der Waals surface area (Å²) in [6.45, 7) is 1.81. The fraction of sp³-hybridized carbons (Fsp3) is 0.231. The first-order valence-corrected chi connectivity index (χ1v) is 6.48. The van der Waals surface area contributed by atoms with Crippen LogP contribution in [0.2, 0.25) is 0 Å². The van der Waals surface area contributed by atoms with Crippen molar-refractivity contribution in [1.82, 2.24) is 19.3 Å². The smallest absolute Gasteiger partial charge is 0.163 e. The standard InChI is InChI=1S/C13H11ClF2N4/c1-7-12-13(19(2)18-7)20(11(6-14)17-12)10-5-8(15)3-4-9(10)16/h3-5H,6H2,1-2H3. The number of halogens is 3. The lowest BCUT2D eigenvalue weighted by atomic mass is 10.3. The maximum Gasteiger partial charge on any atom is 0.163 e. The highest BCUT2D eigenvalue weighted by atomic mass is 35.5. The fourth-order valence-corrected chi connectivity index (χ4v) is 2.50. The molecule has 3 aromatic rings. The zero-order chi connectivity index (χ0) is 14.4.